The Morgan fingerprint density at radius 3 is 2.59 bits per heavy atom. The molecule has 2 rings (SSSR count). The van der Waals surface area contributed by atoms with Gasteiger partial charge in [0.05, 0.1) is 0 Å². The van der Waals surface area contributed by atoms with E-state index in [1.807, 2.05) is 0 Å². The second kappa shape index (κ2) is 5.83. The van der Waals surface area contributed by atoms with Gasteiger partial charge < -0.3 is 5.73 Å². The van der Waals surface area contributed by atoms with Crippen molar-refractivity contribution in [2.75, 3.05) is 0 Å². The van der Waals surface area contributed by atoms with Crippen molar-refractivity contribution in [1.82, 2.24) is 0 Å². The van der Waals surface area contributed by atoms with Crippen LogP contribution in [0.25, 0.3) is 0 Å². The average molecular weight is 257 g/mol. The van der Waals surface area contributed by atoms with E-state index in [4.69, 9.17) is 5.73 Å². The summed E-state index contributed by atoms with van der Waals surface area (Å²) in [4.78, 5) is 0.770. The van der Waals surface area contributed by atoms with Gasteiger partial charge in [0.15, 0.2) is 11.6 Å². The van der Waals surface area contributed by atoms with Crippen LogP contribution in [0.4, 0.5) is 8.78 Å². The summed E-state index contributed by atoms with van der Waals surface area (Å²) in [6.45, 7) is 0. The predicted octanol–water partition coefficient (Wildman–Crippen LogP) is 3.72. The highest BCUT2D eigenvalue weighted by Crippen LogP contribution is 2.32. The normalized spacial score (nSPS) is 25.6. The molecule has 17 heavy (non-hydrogen) atoms. The average Bonchev–Trinajstić information content (AvgIpc) is 2.50. The van der Waals surface area contributed by atoms with Crippen LogP contribution in [0.3, 0.4) is 0 Å². The molecular weight excluding hydrogens is 240 g/mol. The Morgan fingerprint density at radius 1 is 1.06 bits per heavy atom. The fourth-order valence-electron chi connectivity index (χ4n) is 2.17. The fourth-order valence-corrected chi connectivity index (χ4v) is 3.44. The van der Waals surface area contributed by atoms with Crippen LogP contribution in [0.5, 0.6) is 0 Å². The Labute approximate surface area is 105 Å². The number of hydrogen-bond donors (Lipinski definition) is 1. The summed E-state index contributed by atoms with van der Waals surface area (Å²) in [5, 5.41) is 0.322. The van der Waals surface area contributed by atoms with E-state index < -0.39 is 11.6 Å². The second-order valence-electron chi connectivity index (χ2n) is 4.53. The molecule has 2 N–H and O–H groups in total. The van der Waals surface area contributed by atoms with Gasteiger partial charge in [0, 0.05) is 16.2 Å². The van der Waals surface area contributed by atoms with Crippen LogP contribution in [0.2, 0.25) is 0 Å². The largest absolute Gasteiger partial charge is 0.327 e. The molecule has 1 aliphatic carbocycles. The Morgan fingerprint density at radius 2 is 1.82 bits per heavy atom. The lowest BCUT2D eigenvalue weighted by Crippen LogP contribution is -2.31. The van der Waals surface area contributed by atoms with E-state index in [1.165, 1.54) is 31.4 Å². The van der Waals surface area contributed by atoms with Crippen molar-refractivity contribution in [3.8, 4) is 0 Å². The molecule has 2 unspecified atom stereocenters. The molecule has 0 heterocycles. The van der Waals surface area contributed by atoms with Crippen LogP contribution in [0.1, 0.15) is 32.1 Å². The Hall–Kier alpha value is -0.610. The summed E-state index contributed by atoms with van der Waals surface area (Å²) in [5.74, 6) is -1.57. The van der Waals surface area contributed by atoms with Crippen molar-refractivity contribution in [1.29, 1.82) is 0 Å². The molecule has 0 spiro atoms. The first-order valence-electron chi connectivity index (χ1n) is 6.04. The molecule has 1 nitrogen and oxygen atoms in total. The maximum absolute atomic E-state index is 13.1. The van der Waals surface area contributed by atoms with Crippen LogP contribution in [0, 0.1) is 11.6 Å². The van der Waals surface area contributed by atoms with Gasteiger partial charge in [-0.3, -0.25) is 0 Å². The maximum Gasteiger partial charge on any atom is 0.159 e. The van der Waals surface area contributed by atoms with E-state index in [0.717, 1.165) is 17.7 Å². The number of halogens is 2. The van der Waals surface area contributed by atoms with Crippen molar-refractivity contribution in [3.63, 3.8) is 0 Å². The third-order valence-corrected chi connectivity index (χ3v) is 4.60. The molecular formula is C13H17F2NS. The lowest BCUT2D eigenvalue weighted by molar-refractivity contribution is 0.505. The van der Waals surface area contributed by atoms with Gasteiger partial charge in [0.1, 0.15) is 0 Å². The van der Waals surface area contributed by atoms with E-state index in [9.17, 15) is 8.78 Å². The Bertz CT molecular complexity index is 384. The van der Waals surface area contributed by atoms with Gasteiger partial charge in [-0.15, -0.1) is 11.8 Å². The topological polar surface area (TPSA) is 26.0 Å². The number of thioether (sulfide) groups is 1. The molecule has 1 fully saturated rings. The summed E-state index contributed by atoms with van der Waals surface area (Å²) in [5.41, 5.74) is 6.11. The zero-order chi connectivity index (χ0) is 12.3. The van der Waals surface area contributed by atoms with Crippen molar-refractivity contribution in [3.05, 3.63) is 29.8 Å². The summed E-state index contributed by atoms with van der Waals surface area (Å²) < 4.78 is 25.9. The first-order chi connectivity index (χ1) is 8.16. The molecule has 0 amide bonds. The molecule has 0 aromatic heterocycles. The smallest absolute Gasteiger partial charge is 0.159 e. The van der Waals surface area contributed by atoms with Crippen molar-refractivity contribution in [2.45, 2.75) is 48.3 Å². The minimum absolute atomic E-state index is 0.163. The van der Waals surface area contributed by atoms with E-state index in [-0.39, 0.29) is 6.04 Å². The van der Waals surface area contributed by atoms with Gasteiger partial charge in [-0.1, -0.05) is 19.3 Å². The minimum Gasteiger partial charge on any atom is -0.327 e. The molecule has 4 heteroatoms. The van der Waals surface area contributed by atoms with Crippen LogP contribution >= 0.6 is 11.8 Å². The Balaban J connectivity index is 2.05. The molecule has 1 aromatic rings. The third-order valence-electron chi connectivity index (χ3n) is 3.18. The number of nitrogens with two attached hydrogens (primary N) is 1. The number of rotatable bonds is 2. The zero-order valence-electron chi connectivity index (χ0n) is 9.66. The molecule has 0 saturated heterocycles. The van der Waals surface area contributed by atoms with E-state index in [1.54, 1.807) is 17.8 Å². The molecule has 1 aliphatic rings. The van der Waals surface area contributed by atoms with Gasteiger partial charge in [0.25, 0.3) is 0 Å². The van der Waals surface area contributed by atoms with Gasteiger partial charge in [-0.25, -0.2) is 8.78 Å². The molecule has 94 valence electrons. The van der Waals surface area contributed by atoms with E-state index in [0.29, 0.717) is 5.25 Å². The first-order valence-corrected chi connectivity index (χ1v) is 6.92. The standard InChI is InChI=1S/C13H17F2NS/c14-10-7-6-9(8-11(10)15)17-13-5-3-1-2-4-12(13)16/h6-8,12-13H,1-5,16H2. The molecule has 1 aromatic carbocycles. The van der Waals surface area contributed by atoms with Crippen LogP contribution in [-0.4, -0.2) is 11.3 Å². The molecule has 0 aliphatic heterocycles. The number of hydrogen-bond acceptors (Lipinski definition) is 2. The highest BCUT2D eigenvalue weighted by molar-refractivity contribution is 8.00. The van der Waals surface area contributed by atoms with Gasteiger partial charge >= 0.3 is 0 Å². The van der Waals surface area contributed by atoms with Crippen molar-refractivity contribution < 1.29 is 8.78 Å². The van der Waals surface area contributed by atoms with E-state index in [2.05, 4.69) is 0 Å². The molecule has 1 saturated carbocycles. The summed E-state index contributed by atoms with van der Waals surface area (Å²) >= 11 is 1.58. The van der Waals surface area contributed by atoms with Gasteiger partial charge in [0.2, 0.25) is 0 Å². The minimum atomic E-state index is -0.792. The van der Waals surface area contributed by atoms with Crippen LogP contribution < -0.4 is 5.73 Å². The van der Waals surface area contributed by atoms with E-state index >= 15 is 0 Å². The van der Waals surface area contributed by atoms with Gasteiger partial charge in [-0.2, -0.15) is 0 Å². The SMILES string of the molecule is NC1CCCCCC1Sc1ccc(F)c(F)c1. The summed E-state index contributed by atoms with van der Waals surface area (Å²) in [6, 6.07) is 4.23. The lowest BCUT2D eigenvalue weighted by atomic mass is 10.1. The number of benzene rings is 1. The van der Waals surface area contributed by atoms with Crippen molar-refractivity contribution >= 4 is 11.8 Å². The third kappa shape index (κ3) is 3.42. The highest BCUT2D eigenvalue weighted by Gasteiger charge is 2.21. The lowest BCUT2D eigenvalue weighted by Gasteiger charge is -2.20. The summed E-state index contributed by atoms with van der Waals surface area (Å²) in [6.07, 6.45) is 5.67. The fraction of sp³-hybridized carbons (Fsp3) is 0.538. The molecule has 2 atom stereocenters. The molecule has 0 bridgehead atoms. The molecule has 0 radical (unpaired) electrons. The zero-order valence-corrected chi connectivity index (χ0v) is 10.5. The monoisotopic (exact) mass is 257 g/mol. The Kier molecular flexibility index (Phi) is 4.40. The highest BCUT2D eigenvalue weighted by atomic mass is 32.2. The second-order valence-corrected chi connectivity index (χ2v) is 5.85. The predicted molar refractivity (Wildman–Crippen MR) is 67.1 cm³/mol. The van der Waals surface area contributed by atoms with Crippen LogP contribution in [-0.2, 0) is 0 Å². The maximum atomic E-state index is 13.1. The quantitative estimate of drug-likeness (QED) is 0.817. The summed E-state index contributed by atoms with van der Waals surface area (Å²) in [7, 11) is 0. The van der Waals surface area contributed by atoms with Crippen LogP contribution in [0.15, 0.2) is 23.1 Å². The van der Waals surface area contributed by atoms with Gasteiger partial charge in [-0.05, 0) is 31.0 Å². The first kappa shape index (κ1) is 12.8. The van der Waals surface area contributed by atoms with Crippen molar-refractivity contribution in [2.24, 2.45) is 5.73 Å².